The van der Waals surface area contributed by atoms with Crippen LogP contribution in [0.2, 0.25) is 0 Å². The van der Waals surface area contributed by atoms with Crippen LogP contribution in [0.1, 0.15) is 58.8 Å². The van der Waals surface area contributed by atoms with Gasteiger partial charge >= 0.3 is 0 Å². The minimum atomic E-state index is 0. The van der Waals surface area contributed by atoms with Gasteiger partial charge in [0, 0.05) is 46.4 Å². The van der Waals surface area contributed by atoms with E-state index in [2.05, 4.69) is 34.4 Å². The van der Waals surface area contributed by atoms with Crippen LogP contribution in [0.25, 0.3) is 0 Å². The van der Waals surface area contributed by atoms with Crippen LogP contribution in [0.5, 0.6) is 0 Å². The van der Waals surface area contributed by atoms with E-state index in [9.17, 15) is 0 Å². The van der Waals surface area contributed by atoms with Crippen molar-refractivity contribution < 1.29 is 4.74 Å². The van der Waals surface area contributed by atoms with Gasteiger partial charge in [0.25, 0.3) is 0 Å². The van der Waals surface area contributed by atoms with E-state index < -0.39 is 0 Å². The van der Waals surface area contributed by atoms with E-state index in [1.165, 1.54) is 51.6 Å². The first-order chi connectivity index (χ1) is 12.1. The van der Waals surface area contributed by atoms with Crippen LogP contribution in [0.3, 0.4) is 0 Å². The molecule has 0 aromatic rings. The molecule has 1 heterocycles. The Morgan fingerprint density at radius 3 is 2.58 bits per heavy atom. The Bertz CT molecular complexity index is 411. The van der Waals surface area contributed by atoms with E-state index in [-0.39, 0.29) is 24.0 Å². The highest BCUT2D eigenvalue weighted by atomic mass is 127. The Morgan fingerprint density at radius 1 is 1.23 bits per heavy atom. The molecule has 0 amide bonds. The topological polar surface area (TPSA) is 48.9 Å². The Kier molecular flexibility index (Phi) is 11.4. The third kappa shape index (κ3) is 7.50. The predicted octanol–water partition coefficient (Wildman–Crippen LogP) is 3.49. The van der Waals surface area contributed by atoms with Crippen LogP contribution in [-0.4, -0.2) is 63.8 Å². The molecule has 0 unspecified atom stereocenters. The largest absolute Gasteiger partial charge is 0.385 e. The smallest absolute Gasteiger partial charge is 0.191 e. The lowest BCUT2D eigenvalue weighted by Crippen LogP contribution is -2.48. The standard InChI is InChI=1S/C20H40N4O.HI/c1-17(2)15-24-12-7-8-18(24)14-22-19(21-3)23-16-20(11-13-25-4)9-5-6-10-20;/h17-18H,5-16H2,1-4H3,(H2,21,22,23);1H/t18-;/m1./s1. The number of methoxy groups -OCH3 is 1. The monoisotopic (exact) mass is 480 g/mol. The van der Waals surface area contributed by atoms with Crippen molar-refractivity contribution in [3.05, 3.63) is 0 Å². The second kappa shape index (κ2) is 12.4. The molecule has 26 heavy (non-hydrogen) atoms. The summed E-state index contributed by atoms with van der Waals surface area (Å²) in [5.74, 6) is 1.70. The molecule has 1 aliphatic carbocycles. The fourth-order valence-corrected chi connectivity index (χ4v) is 4.50. The van der Waals surface area contributed by atoms with Crippen molar-refractivity contribution in [2.45, 2.75) is 64.8 Å². The van der Waals surface area contributed by atoms with Crippen molar-refractivity contribution in [2.24, 2.45) is 16.3 Å². The summed E-state index contributed by atoms with van der Waals surface area (Å²) in [5, 5.41) is 7.18. The minimum Gasteiger partial charge on any atom is -0.385 e. The zero-order valence-corrected chi connectivity index (χ0v) is 19.7. The van der Waals surface area contributed by atoms with Gasteiger partial charge in [-0.1, -0.05) is 26.7 Å². The fourth-order valence-electron chi connectivity index (χ4n) is 4.50. The lowest BCUT2D eigenvalue weighted by Gasteiger charge is -2.31. The third-order valence-corrected chi connectivity index (χ3v) is 5.96. The Labute approximate surface area is 178 Å². The molecule has 0 radical (unpaired) electrons. The second-order valence-electron chi connectivity index (χ2n) is 8.44. The third-order valence-electron chi connectivity index (χ3n) is 5.96. The van der Waals surface area contributed by atoms with Gasteiger partial charge in [-0.05, 0) is 50.0 Å². The maximum absolute atomic E-state index is 5.34. The van der Waals surface area contributed by atoms with E-state index in [1.54, 1.807) is 7.11 Å². The van der Waals surface area contributed by atoms with Crippen LogP contribution in [-0.2, 0) is 4.74 Å². The molecular weight excluding hydrogens is 439 g/mol. The first-order valence-electron chi connectivity index (χ1n) is 10.3. The van der Waals surface area contributed by atoms with Crippen molar-refractivity contribution in [3.8, 4) is 0 Å². The van der Waals surface area contributed by atoms with Crippen molar-refractivity contribution in [1.82, 2.24) is 15.5 Å². The number of likely N-dealkylation sites (tertiary alicyclic amines) is 1. The Hall–Kier alpha value is -0.0800. The summed E-state index contributed by atoms with van der Waals surface area (Å²) in [5.41, 5.74) is 0.394. The van der Waals surface area contributed by atoms with Gasteiger partial charge in [0.2, 0.25) is 0 Å². The molecule has 0 spiro atoms. The molecule has 1 saturated heterocycles. The molecule has 2 aliphatic rings. The predicted molar refractivity (Wildman–Crippen MR) is 122 cm³/mol. The van der Waals surface area contributed by atoms with Gasteiger partial charge in [-0.25, -0.2) is 0 Å². The van der Waals surface area contributed by atoms with Crippen LogP contribution in [0.15, 0.2) is 4.99 Å². The number of rotatable bonds is 9. The highest BCUT2D eigenvalue weighted by molar-refractivity contribution is 14.0. The van der Waals surface area contributed by atoms with Gasteiger partial charge in [0.15, 0.2) is 5.96 Å². The second-order valence-corrected chi connectivity index (χ2v) is 8.44. The Morgan fingerprint density at radius 2 is 1.96 bits per heavy atom. The number of hydrogen-bond acceptors (Lipinski definition) is 3. The fraction of sp³-hybridized carbons (Fsp3) is 0.950. The number of nitrogens with zero attached hydrogens (tertiary/aromatic N) is 2. The zero-order valence-electron chi connectivity index (χ0n) is 17.4. The quantitative estimate of drug-likeness (QED) is 0.302. The van der Waals surface area contributed by atoms with Gasteiger partial charge in [-0.15, -0.1) is 24.0 Å². The van der Waals surface area contributed by atoms with Crippen LogP contribution >= 0.6 is 24.0 Å². The lowest BCUT2D eigenvalue weighted by atomic mass is 9.83. The van der Waals surface area contributed by atoms with Crippen molar-refractivity contribution in [2.75, 3.05) is 46.9 Å². The molecule has 1 saturated carbocycles. The average Bonchev–Trinajstić information content (AvgIpc) is 3.23. The highest BCUT2D eigenvalue weighted by Gasteiger charge is 2.33. The maximum Gasteiger partial charge on any atom is 0.191 e. The normalized spacial score (nSPS) is 23.3. The SMILES string of the molecule is CN=C(NC[C@H]1CCCN1CC(C)C)NCC1(CCOC)CCCC1.I. The molecule has 2 rings (SSSR count). The molecule has 5 nitrogen and oxygen atoms in total. The molecular formula is C20H41IN4O. The number of halogens is 1. The number of guanidine groups is 1. The molecule has 154 valence electrons. The summed E-state index contributed by atoms with van der Waals surface area (Å²) in [7, 11) is 3.69. The van der Waals surface area contributed by atoms with Crippen LogP contribution < -0.4 is 10.6 Å². The molecule has 6 heteroatoms. The summed E-state index contributed by atoms with van der Waals surface area (Å²) >= 11 is 0. The molecule has 0 aromatic carbocycles. The van der Waals surface area contributed by atoms with Gasteiger partial charge in [-0.3, -0.25) is 9.89 Å². The maximum atomic E-state index is 5.34. The summed E-state index contributed by atoms with van der Waals surface area (Å²) in [4.78, 5) is 7.09. The van der Waals surface area contributed by atoms with Gasteiger partial charge in [-0.2, -0.15) is 0 Å². The lowest BCUT2D eigenvalue weighted by molar-refractivity contribution is 0.138. The first-order valence-corrected chi connectivity index (χ1v) is 10.3. The zero-order chi connectivity index (χ0) is 18.1. The van der Waals surface area contributed by atoms with E-state index in [4.69, 9.17) is 4.74 Å². The molecule has 2 fully saturated rings. The van der Waals surface area contributed by atoms with Gasteiger partial charge < -0.3 is 15.4 Å². The average molecular weight is 480 g/mol. The Balaban J connectivity index is 0.00000338. The number of nitrogens with one attached hydrogen (secondary N) is 2. The summed E-state index contributed by atoms with van der Waals surface area (Å²) in [6.07, 6.45) is 9.10. The molecule has 2 N–H and O–H groups in total. The first kappa shape index (κ1) is 24.0. The van der Waals surface area contributed by atoms with Crippen molar-refractivity contribution >= 4 is 29.9 Å². The van der Waals surface area contributed by atoms with Crippen LogP contribution in [0.4, 0.5) is 0 Å². The number of ether oxygens (including phenoxy) is 1. The number of hydrogen-bond donors (Lipinski definition) is 2. The molecule has 0 bridgehead atoms. The van der Waals surface area contributed by atoms with Crippen LogP contribution in [0, 0.1) is 11.3 Å². The van der Waals surface area contributed by atoms with E-state index in [0.29, 0.717) is 11.5 Å². The van der Waals surface area contributed by atoms with Crippen molar-refractivity contribution in [3.63, 3.8) is 0 Å². The number of aliphatic imine (C=N–C) groups is 1. The summed E-state index contributed by atoms with van der Waals surface area (Å²) < 4.78 is 5.34. The molecule has 1 atom stereocenters. The van der Waals surface area contributed by atoms with E-state index in [1.807, 2.05) is 7.05 Å². The van der Waals surface area contributed by atoms with E-state index in [0.717, 1.165) is 38.0 Å². The summed E-state index contributed by atoms with van der Waals surface area (Å²) in [6.45, 7) is 9.94. The van der Waals surface area contributed by atoms with Gasteiger partial charge in [0.05, 0.1) is 0 Å². The molecule has 0 aromatic heterocycles. The highest BCUT2D eigenvalue weighted by Crippen LogP contribution is 2.40. The van der Waals surface area contributed by atoms with Gasteiger partial charge in [0.1, 0.15) is 0 Å². The van der Waals surface area contributed by atoms with E-state index >= 15 is 0 Å². The summed E-state index contributed by atoms with van der Waals surface area (Å²) in [6, 6.07) is 0.648. The minimum absolute atomic E-state index is 0. The van der Waals surface area contributed by atoms with Crippen molar-refractivity contribution in [1.29, 1.82) is 0 Å². The molecule has 1 aliphatic heterocycles.